The van der Waals surface area contributed by atoms with Gasteiger partial charge in [0.25, 0.3) is 5.91 Å². The fraction of sp³-hybridized carbons (Fsp3) is 0.417. The van der Waals surface area contributed by atoms with Crippen molar-refractivity contribution >= 4 is 5.91 Å². The van der Waals surface area contributed by atoms with Crippen LogP contribution in [0.5, 0.6) is 0 Å². The average molecular weight is 217 g/mol. The van der Waals surface area contributed by atoms with E-state index in [0.29, 0.717) is 18.0 Å². The minimum Gasteiger partial charge on any atom is -0.335 e. The molecule has 1 rings (SSSR count). The molecule has 1 heterocycles. The van der Waals surface area contributed by atoms with E-state index in [0.717, 1.165) is 0 Å². The zero-order chi connectivity index (χ0) is 12.0. The van der Waals surface area contributed by atoms with E-state index in [9.17, 15) is 4.79 Å². The SMILES string of the molecule is CC(C)CC(C#N)NC(=O)c1ccccn1. The van der Waals surface area contributed by atoms with Gasteiger partial charge < -0.3 is 5.32 Å². The van der Waals surface area contributed by atoms with Crippen LogP contribution in [0.2, 0.25) is 0 Å². The maximum absolute atomic E-state index is 11.7. The molecule has 0 radical (unpaired) electrons. The van der Waals surface area contributed by atoms with Crippen molar-refractivity contribution in [1.29, 1.82) is 5.26 Å². The highest BCUT2D eigenvalue weighted by molar-refractivity contribution is 5.92. The van der Waals surface area contributed by atoms with Crippen LogP contribution in [-0.4, -0.2) is 16.9 Å². The monoisotopic (exact) mass is 217 g/mol. The number of nitrogens with zero attached hydrogens (tertiary/aromatic N) is 2. The summed E-state index contributed by atoms with van der Waals surface area (Å²) < 4.78 is 0. The maximum Gasteiger partial charge on any atom is 0.270 e. The first-order chi connectivity index (χ1) is 7.63. The van der Waals surface area contributed by atoms with Crippen LogP contribution in [0.25, 0.3) is 0 Å². The summed E-state index contributed by atoms with van der Waals surface area (Å²) in [5.74, 6) is 0.0708. The van der Waals surface area contributed by atoms with Gasteiger partial charge in [0, 0.05) is 6.20 Å². The average Bonchev–Trinajstić information content (AvgIpc) is 2.28. The third kappa shape index (κ3) is 3.70. The number of hydrogen-bond donors (Lipinski definition) is 1. The van der Waals surface area contributed by atoms with Crippen molar-refractivity contribution < 1.29 is 4.79 Å². The normalized spacial score (nSPS) is 11.9. The molecule has 1 N–H and O–H groups in total. The third-order valence-corrected chi connectivity index (χ3v) is 2.07. The Morgan fingerprint density at radius 2 is 2.31 bits per heavy atom. The van der Waals surface area contributed by atoms with Gasteiger partial charge in [0.05, 0.1) is 6.07 Å². The molecule has 0 saturated carbocycles. The lowest BCUT2D eigenvalue weighted by Crippen LogP contribution is -2.35. The number of aromatic nitrogens is 1. The molecule has 0 fully saturated rings. The molecule has 0 saturated heterocycles. The predicted octanol–water partition coefficient (Wildman–Crippen LogP) is 1.75. The van der Waals surface area contributed by atoms with Gasteiger partial charge in [-0.1, -0.05) is 19.9 Å². The molecule has 0 bridgehead atoms. The summed E-state index contributed by atoms with van der Waals surface area (Å²) in [7, 11) is 0. The van der Waals surface area contributed by atoms with Crippen LogP contribution in [0.4, 0.5) is 0 Å². The lowest BCUT2D eigenvalue weighted by Gasteiger charge is -2.12. The molecule has 4 nitrogen and oxygen atoms in total. The van der Waals surface area contributed by atoms with Gasteiger partial charge in [-0.2, -0.15) is 5.26 Å². The van der Waals surface area contributed by atoms with Crippen molar-refractivity contribution in [2.24, 2.45) is 5.92 Å². The van der Waals surface area contributed by atoms with Crippen LogP contribution >= 0.6 is 0 Å². The molecule has 1 unspecified atom stereocenters. The minimum absolute atomic E-state index is 0.298. The Hall–Kier alpha value is -1.89. The lowest BCUT2D eigenvalue weighted by molar-refractivity contribution is 0.0937. The molecule has 1 atom stereocenters. The first-order valence-electron chi connectivity index (χ1n) is 5.25. The fourth-order valence-corrected chi connectivity index (χ4v) is 1.34. The van der Waals surface area contributed by atoms with E-state index >= 15 is 0 Å². The van der Waals surface area contributed by atoms with Crippen molar-refractivity contribution in [3.05, 3.63) is 30.1 Å². The first-order valence-corrected chi connectivity index (χ1v) is 5.25. The zero-order valence-electron chi connectivity index (χ0n) is 9.47. The number of carbonyl (C=O) groups excluding carboxylic acids is 1. The summed E-state index contributed by atoms with van der Waals surface area (Å²) in [6.45, 7) is 4.02. The minimum atomic E-state index is -0.450. The molecule has 84 valence electrons. The van der Waals surface area contributed by atoms with Gasteiger partial charge in [-0.25, -0.2) is 0 Å². The van der Waals surface area contributed by atoms with E-state index in [1.807, 2.05) is 13.8 Å². The lowest BCUT2D eigenvalue weighted by atomic mass is 10.0. The molecular weight excluding hydrogens is 202 g/mol. The summed E-state index contributed by atoms with van der Waals surface area (Å²) in [6.07, 6.45) is 2.20. The number of nitrogens with one attached hydrogen (secondary N) is 1. The molecule has 0 aliphatic carbocycles. The number of amides is 1. The van der Waals surface area contributed by atoms with Crippen molar-refractivity contribution in [2.45, 2.75) is 26.3 Å². The Morgan fingerprint density at radius 1 is 1.56 bits per heavy atom. The van der Waals surface area contributed by atoms with Crippen LogP contribution in [0.15, 0.2) is 24.4 Å². The third-order valence-electron chi connectivity index (χ3n) is 2.07. The number of nitriles is 1. The first kappa shape index (κ1) is 12.2. The van der Waals surface area contributed by atoms with E-state index in [2.05, 4.69) is 16.4 Å². The molecule has 1 aromatic rings. The van der Waals surface area contributed by atoms with E-state index < -0.39 is 6.04 Å². The molecule has 0 aliphatic heterocycles. The highest BCUT2D eigenvalue weighted by atomic mass is 16.1. The largest absolute Gasteiger partial charge is 0.335 e. The molecule has 4 heteroatoms. The molecule has 0 spiro atoms. The van der Waals surface area contributed by atoms with Gasteiger partial charge in [0.1, 0.15) is 11.7 Å². The van der Waals surface area contributed by atoms with E-state index in [-0.39, 0.29) is 5.91 Å². The summed E-state index contributed by atoms with van der Waals surface area (Å²) >= 11 is 0. The van der Waals surface area contributed by atoms with E-state index in [1.165, 1.54) is 0 Å². The highest BCUT2D eigenvalue weighted by Crippen LogP contribution is 2.04. The number of hydrogen-bond acceptors (Lipinski definition) is 3. The molecule has 1 amide bonds. The second-order valence-electron chi connectivity index (χ2n) is 4.00. The van der Waals surface area contributed by atoms with Crippen molar-refractivity contribution in [1.82, 2.24) is 10.3 Å². The topological polar surface area (TPSA) is 65.8 Å². The standard InChI is InChI=1S/C12H15N3O/c1-9(2)7-10(8-13)15-12(16)11-5-3-4-6-14-11/h3-6,9-10H,7H2,1-2H3,(H,15,16). The zero-order valence-corrected chi connectivity index (χ0v) is 9.47. The molecule has 0 aliphatic rings. The van der Waals surface area contributed by atoms with Gasteiger partial charge in [0.15, 0.2) is 0 Å². The molecular formula is C12H15N3O. The Labute approximate surface area is 95.3 Å². The van der Waals surface area contributed by atoms with Gasteiger partial charge in [0.2, 0.25) is 0 Å². The van der Waals surface area contributed by atoms with Crippen LogP contribution in [-0.2, 0) is 0 Å². The highest BCUT2D eigenvalue weighted by Gasteiger charge is 2.14. The number of pyridine rings is 1. The van der Waals surface area contributed by atoms with Crippen LogP contribution in [0.1, 0.15) is 30.8 Å². The second kappa shape index (κ2) is 5.86. The van der Waals surface area contributed by atoms with E-state index in [1.54, 1.807) is 24.4 Å². The maximum atomic E-state index is 11.7. The predicted molar refractivity (Wildman–Crippen MR) is 60.6 cm³/mol. The summed E-state index contributed by atoms with van der Waals surface area (Å²) in [4.78, 5) is 15.6. The van der Waals surface area contributed by atoms with Crippen LogP contribution in [0.3, 0.4) is 0 Å². The van der Waals surface area contributed by atoms with Crippen molar-refractivity contribution in [2.75, 3.05) is 0 Å². The van der Waals surface area contributed by atoms with E-state index in [4.69, 9.17) is 5.26 Å². The van der Waals surface area contributed by atoms with Crippen LogP contribution in [0, 0.1) is 17.2 Å². The summed E-state index contributed by atoms with van der Waals surface area (Å²) in [5.41, 5.74) is 0.339. The van der Waals surface area contributed by atoms with Gasteiger partial charge in [-0.15, -0.1) is 0 Å². The fourth-order valence-electron chi connectivity index (χ4n) is 1.34. The Balaban J connectivity index is 2.60. The van der Waals surface area contributed by atoms with Crippen molar-refractivity contribution in [3.63, 3.8) is 0 Å². The number of rotatable bonds is 4. The quantitative estimate of drug-likeness (QED) is 0.835. The Morgan fingerprint density at radius 3 is 2.81 bits per heavy atom. The summed E-state index contributed by atoms with van der Waals surface area (Å²) in [6, 6.07) is 6.73. The molecule has 1 aromatic heterocycles. The number of carbonyl (C=O) groups is 1. The van der Waals surface area contributed by atoms with Gasteiger partial charge in [-0.3, -0.25) is 9.78 Å². The van der Waals surface area contributed by atoms with Gasteiger partial charge >= 0.3 is 0 Å². The Kier molecular flexibility index (Phi) is 4.46. The van der Waals surface area contributed by atoms with Gasteiger partial charge in [-0.05, 0) is 24.5 Å². The smallest absolute Gasteiger partial charge is 0.270 e. The second-order valence-corrected chi connectivity index (χ2v) is 4.00. The Bertz CT molecular complexity index is 381. The molecule has 0 aromatic carbocycles. The van der Waals surface area contributed by atoms with Crippen molar-refractivity contribution in [3.8, 4) is 6.07 Å². The van der Waals surface area contributed by atoms with Crippen LogP contribution < -0.4 is 5.32 Å². The molecule has 16 heavy (non-hydrogen) atoms. The summed E-state index contributed by atoms with van der Waals surface area (Å²) in [5, 5.41) is 11.5.